The summed E-state index contributed by atoms with van der Waals surface area (Å²) in [6.45, 7) is 4.74. The second-order valence-corrected chi connectivity index (χ2v) is 8.12. The van der Waals surface area contributed by atoms with E-state index in [2.05, 4.69) is 36.3 Å². The fourth-order valence-electron chi connectivity index (χ4n) is 4.56. The van der Waals surface area contributed by atoms with E-state index in [9.17, 15) is 9.59 Å². The quantitative estimate of drug-likeness (QED) is 0.739. The molecule has 0 saturated heterocycles. The Hall–Kier alpha value is -3.08. The van der Waals surface area contributed by atoms with E-state index in [1.165, 1.54) is 0 Å². The Kier molecular flexibility index (Phi) is 3.79. The van der Waals surface area contributed by atoms with Crippen molar-refractivity contribution in [3.63, 3.8) is 0 Å². The monoisotopic (exact) mass is 373 g/mol. The molecule has 2 amide bonds. The molecule has 2 N–H and O–H groups in total. The normalized spacial score (nSPS) is 20.2. The lowest BCUT2D eigenvalue weighted by molar-refractivity contribution is -0.126. The van der Waals surface area contributed by atoms with Crippen LogP contribution in [0.15, 0.2) is 48.5 Å². The lowest BCUT2D eigenvalue weighted by atomic mass is 9.90. The molecule has 5 rings (SSSR count). The highest BCUT2D eigenvalue weighted by Gasteiger charge is 2.48. The molecule has 1 aromatic heterocycles. The fraction of sp³-hybridized carbons (Fsp3) is 0.304. The molecule has 0 radical (unpaired) electrons. The van der Waals surface area contributed by atoms with Crippen LogP contribution in [0.1, 0.15) is 47.1 Å². The standard InChI is InChI=1S/C23H23N3O2/c1-13(2)12-24-22(27)19-11-17-14-7-5-6-10-18(14)25-20(17)21-15-8-3-4-9-16(15)23(28)26(19)21/h3-10,13,19,21,25H,11-12H2,1-2H3,(H,24,27)/t19-,21?/m0/s1. The van der Waals surface area contributed by atoms with Crippen LogP contribution in [0, 0.1) is 5.92 Å². The maximum Gasteiger partial charge on any atom is 0.255 e. The topological polar surface area (TPSA) is 65.2 Å². The third-order valence-corrected chi connectivity index (χ3v) is 5.84. The molecule has 2 aliphatic rings. The number of carbonyl (C=O) groups excluding carboxylic acids is 2. The number of para-hydroxylation sites is 1. The minimum Gasteiger partial charge on any atom is -0.356 e. The number of fused-ring (bicyclic) bond motifs is 7. The van der Waals surface area contributed by atoms with Crippen LogP contribution in [0.3, 0.4) is 0 Å². The Morgan fingerprint density at radius 3 is 2.75 bits per heavy atom. The van der Waals surface area contributed by atoms with E-state index in [1.807, 2.05) is 36.4 Å². The molecule has 0 spiro atoms. The second kappa shape index (κ2) is 6.23. The van der Waals surface area contributed by atoms with Crippen molar-refractivity contribution >= 4 is 22.7 Å². The molecule has 28 heavy (non-hydrogen) atoms. The van der Waals surface area contributed by atoms with Gasteiger partial charge in [0.2, 0.25) is 5.91 Å². The summed E-state index contributed by atoms with van der Waals surface area (Å²) >= 11 is 0. The largest absolute Gasteiger partial charge is 0.356 e. The number of aromatic nitrogens is 1. The van der Waals surface area contributed by atoms with Gasteiger partial charge in [-0.1, -0.05) is 50.2 Å². The summed E-state index contributed by atoms with van der Waals surface area (Å²) in [5.41, 5.74) is 4.90. The van der Waals surface area contributed by atoms with E-state index in [0.717, 1.165) is 27.7 Å². The second-order valence-electron chi connectivity index (χ2n) is 8.12. The fourth-order valence-corrected chi connectivity index (χ4v) is 4.56. The number of H-pyrrole nitrogens is 1. The molecule has 0 fully saturated rings. The number of hydrogen-bond donors (Lipinski definition) is 2. The average molecular weight is 373 g/mol. The maximum absolute atomic E-state index is 13.2. The van der Waals surface area contributed by atoms with Crippen LogP contribution in [0.4, 0.5) is 0 Å². The number of rotatable bonds is 3. The van der Waals surface area contributed by atoms with Crippen LogP contribution in [0.2, 0.25) is 0 Å². The van der Waals surface area contributed by atoms with Crippen LogP contribution in [-0.2, 0) is 11.2 Å². The molecular weight excluding hydrogens is 350 g/mol. The first-order chi connectivity index (χ1) is 13.6. The van der Waals surface area contributed by atoms with Crippen molar-refractivity contribution in [2.75, 3.05) is 6.54 Å². The highest BCUT2D eigenvalue weighted by Crippen LogP contribution is 2.46. The summed E-state index contributed by atoms with van der Waals surface area (Å²) in [4.78, 5) is 31.6. The minimum absolute atomic E-state index is 0.0606. The molecule has 2 aromatic carbocycles. The predicted molar refractivity (Wildman–Crippen MR) is 108 cm³/mol. The van der Waals surface area contributed by atoms with Gasteiger partial charge in [0, 0.05) is 35.1 Å². The molecule has 3 heterocycles. The Morgan fingerprint density at radius 1 is 1.18 bits per heavy atom. The number of benzene rings is 2. The first kappa shape index (κ1) is 17.0. The third kappa shape index (κ3) is 2.39. The van der Waals surface area contributed by atoms with Crippen molar-refractivity contribution in [2.24, 2.45) is 5.92 Å². The molecule has 2 atom stereocenters. The van der Waals surface area contributed by atoms with Gasteiger partial charge in [-0.15, -0.1) is 0 Å². The predicted octanol–water partition coefficient (Wildman–Crippen LogP) is 3.41. The lowest BCUT2D eigenvalue weighted by Gasteiger charge is -2.37. The first-order valence-corrected chi connectivity index (χ1v) is 9.85. The summed E-state index contributed by atoms with van der Waals surface area (Å²) in [6, 6.07) is 15.1. The first-order valence-electron chi connectivity index (χ1n) is 9.85. The molecule has 5 heteroatoms. The maximum atomic E-state index is 13.2. The van der Waals surface area contributed by atoms with E-state index in [1.54, 1.807) is 4.90 Å². The number of amides is 2. The molecule has 1 unspecified atom stereocenters. The van der Waals surface area contributed by atoms with Gasteiger partial charge >= 0.3 is 0 Å². The van der Waals surface area contributed by atoms with Crippen molar-refractivity contribution in [2.45, 2.75) is 32.4 Å². The molecule has 142 valence electrons. The lowest BCUT2D eigenvalue weighted by Crippen LogP contribution is -2.52. The smallest absolute Gasteiger partial charge is 0.255 e. The van der Waals surface area contributed by atoms with Crippen molar-refractivity contribution in [1.82, 2.24) is 15.2 Å². The Labute approximate surface area is 163 Å². The van der Waals surface area contributed by atoms with Gasteiger partial charge in [-0.3, -0.25) is 9.59 Å². The van der Waals surface area contributed by atoms with Crippen molar-refractivity contribution < 1.29 is 9.59 Å². The molecule has 0 aliphatic carbocycles. The van der Waals surface area contributed by atoms with E-state index in [0.29, 0.717) is 24.4 Å². The molecule has 2 aliphatic heterocycles. The molecule has 0 saturated carbocycles. The Balaban J connectivity index is 1.67. The van der Waals surface area contributed by atoms with Gasteiger partial charge in [0.05, 0.1) is 6.04 Å². The number of nitrogens with one attached hydrogen (secondary N) is 2. The minimum atomic E-state index is -0.504. The number of hydrogen-bond acceptors (Lipinski definition) is 2. The van der Waals surface area contributed by atoms with Gasteiger partial charge in [0.15, 0.2) is 0 Å². The van der Waals surface area contributed by atoms with Crippen molar-refractivity contribution in [1.29, 1.82) is 0 Å². The number of nitrogens with zero attached hydrogens (tertiary/aromatic N) is 1. The van der Waals surface area contributed by atoms with Gasteiger partial charge in [0.1, 0.15) is 6.04 Å². The van der Waals surface area contributed by atoms with Crippen LogP contribution in [-0.4, -0.2) is 34.3 Å². The van der Waals surface area contributed by atoms with Crippen LogP contribution < -0.4 is 5.32 Å². The molecule has 5 nitrogen and oxygen atoms in total. The SMILES string of the molecule is CC(C)CNC(=O)[C@@H]1Cc2c([nH]c3ccccc23)C2c3ccccc3C(=O)N21. The van der Waals surface area contributed by atoms with Gasteiger partial charge in [-0.2, -0.15) is 0 Å². The van der Waals surface area contributed by atoms with Gasteiger partial charge in [0.25, 0.3) is 5.91 Å². The van der Waals surface area contributed by atoms with Crippen molar-refractivity contribution in [3.05, 3.63) is 70.9 Å². The third-order valence-electron chi connectivity index (χ3n) is 5.84. The number of aromatic amines is 1. The van der Waals surface area contributed by atoms with E-state index in [4.69, 9.17) is 0 Å². The zero-order valence-electron chi connectivity index (χ0n) is 16.0. The summed E-state index contributed by atoms with van der Waals surface area (Å²) in [6.07, 6.45) is 0.527. The zero-order valence-corrected chi connectivity index (χ0v) is 16.0. The Morgan fingerprint density at radius 2 is 1.93 bits per heavy atom. The van der Waals surface area contributed by atoms with Gasteiger partial charge < -0.3 is 15.2 Å². The van der Waals surface area contributed by atoms with E-state index < -0.39 is 6.04 Å². The van der Waals surface area contributed by atoms with E-state index >= 15 is 0 Å². The molecular formula is C23H23N3O2. The average Bonchev–Trinajstić information content (AvgIpc) is 3.22. The highest BCUT2D eigenvalue weighted by molar-refractivity contribution is 6.03. The summed E-state index contributed by atoms with van der Waals surface area (Å²) in [5.74, 6) is 0.226. The van der Waals surface area contributed by atoms with Gasteiger partial charge in [-0.25, -0.2) is 0 Å². The summed E-state index contributed by atoms with van der Waals surface area (Å²) < 4.78 is 0. The Bertz CT molecular complexity index is 1100. The van der Waals surface area contributed by atoms with Crippen LogP contribution in [0.25, 0.3) is 10.9 Å². The summed E-state index contributed by atoms with van der Waals surface area (Å²) in [7, 11) is 0. The summed E-state index contributed by atoms with van der Waals surface area (Å²) in [5, 5.41) is 4.17. The number of carbonyl (C=O) groups is 2. The molecule has 3 aromatic rings. The van der Waals surface area contributed by atoms with Crippen LogP contribution >= 0.6 is 0 Å². The zero-order chi connectivity index (χ0) is 19.4. The van der Waals surface area contributed by atoms with E-state index in [-0.39, 0.29) is 17.9 Å². The molecule has 0 bridgehead atoms. The highest BCUT2D eigenvalue weighted by atomic mass is 16.2. The van der Waals surface area contributed by atoms with Crippen molar-refractivity contribution in [3.8, 4) is 0 Å². The van der Waals surface area contributed by atoms with Crippen LogP contribution in [0.5, 0.6) is 0 Å². The van der Waals surface area contributed by atoms with Gasteiger partial charge in [-0.05, 0) is 29.2 Å².